The van der Waals surface area contributed by atoms with Crippen LogP contribution < -0.4 is 11.2 Å². The number of piperidine rings is 1. The molecule has 1 amide bonds. The quantitative estimate of drug-likeness (QED) is 0.693. The number of aromatic nitrogens is 2. The van der Waals surface area contributed by atoms with Gasteiger partial charge in [-0.1, -0.05) is 19.1 Å². The number of rotatable bonds is 4. The highest BCUT2D eigenvalue weighted by molar-refractivity contribution is 5.81. The molecule has 3 heterocycles. The zero-order chi connectivity index (χ0) is 19.7. The second kappa shape index (κ2) is 7.50. The Balaban J connectivity index is 1.75. The number of furan rings is 1. The Labute approximate surface area is 161 Å². The van der Waals surface area contributed by atoms with Crippen LogP contribution in [0.3, 0.4) is 0 Å². The zero-order valence-electron chi connectivity index (χ0n) is 15.8. The van der Waals surface area contributed by atoms with Gasteiger partial charge in [0.1, 0.15) is 12.3 Å². The standard InChI is InChI=1S/C21H23N3O4/c1-15-8-10-22(11-9-15)19(25)14-23-18-7-3-2-6-17(18)20(26)24(21(23)27)13-16-5-4-12-28-16/h2-7,12,15H,8-11,13-14H2,1H3. The van der Waals surface area contributed by atoms with Crippen LogP contribution in [0.5, 0.6) is 0 Å². The van der Waals surface area contributed by atoms with Gasteiger partial charge in [0.15, 0.2) is 0 Å². The predicted molar refractivity (Wildman–Crippen MR) is 105 cm³/mol. The van der Waals surface area contributed by atoms with Crippen LogP contribution in [-0.4, -0.2) is 33.0 Å². The van der Waals surface area contributed by atoms with Crippen molar-refractivity contribution in [3.8, 4) is 0 Å². The molecule has 1 aliphatic rings. The number of nitrogens with zero attached hydrogens (tertiary/aromatic N) is 3. The van der Waals surface area contributed by atoms with Gasteiger partial charge in [0, 0.05) is 13.1 Å². The predicted octanol–water partition coefficient (Wildman–Crippen LogP) is 2.06. The van der Waals surface area contributed by atoms with Gasteiger partial charge in [-0.05, 0) is 43.0 Å². The van der Waals surface area contributed by atoms with Crippen LogP contribution in [-0.2, 0) is 17.9 Å². The molecule has 1 aromatic carbocycles. The number of para-hydroxylation sites is 1. The molecule has 7 nitrogen and oxygen atoms in total. The molecule has 1 saturated heterocycles. The number of likely N-dealkylation sites (tertiary alicyclic amines) is 1. The molecule has 0 atom stereocenters. The van der Waals surface area contributed by atoms with E-state index in [1.54, 1.807) is 36.4 Å². The summed E-state index contributed by atoms with van der Waals surface area (Å²) in [5.41, 5.74) is -0.404. The monoisotopic (exact) mass is 381 g/mol. The van der Waals surface area contributed by atoms with Crippen molar-refractivity contribution in [1.29, 1.82) is 0 Å². The molecule has 0 unspecified atom stereocenters. The number of hydrogen-bond donors (Lipinski definition) is 0. The van der Waals surface area contributed by atoms with E-state index in [0.717, 1.165) is 17.4 Å². The average molecular weight is 381 g/mol. The summed E-state index contributed by atoms with van der Waals surface area (Å²) in [6, 6.07) is 10.3. The first kappa shape index (κ1) is 18.3. The second-order valence-electron chi connectivity index (χ2n) is 7.42. The van der Waals surface area contributed by atoms with Crippen molar-refractivity contribution < 1.29 is 9.21 Å². The van der Waals surface area contributed by atoms with Gasteiger partial charge >= 0.3 is 5.69 Å². The van der Waals surface area contributed by atoms with Crippen LogP contribution in [0.2, 0.25) is 0 Å². The highest BCUT2D eigenvalue weighted by Crippen LogP contribution is 2.17. The van der Waals surface area contributed by atoms with Crippen LogP contribution >= 0.6 is 0 Å². The van der Waals surface area contributed by atoms with E-state index < -0.39 is 5.69 Å². The Kier molecular flexibility index (Phi) is 4.90. The minimum Gasteiger partial charge on any atom is -0.467 e. The molecule has 2 aromatic heterocycles. The Morgan fingerprint density at radius 2 is 1.82 bits per heavy atom. The van der Waals surface area contributed by atoms with E-state index in [9.17, 15) is 14.4 Å². The average Bonchev–Trinajstić information content (AvgIpc) is 3.22. The fourth-order valence-corrected chi connectivity index (χ4v) is 3.71. The number of amides is 1. The van der Waals surface area contributed by atoms with Crippen molar-refractivity contribution in [3.05, 3.63) is 69.3 Å². The second-order valence-corrected chi connectivity index (χ2v) is 7.42. The molecule has 0 bridgehead atoms. The fraction of sp³-hybridized carbons (Fsp3) is 0.381. The largest absolute Gasteiger partial charge is 0.467 e. The molecular weight excluding hydrogens is 358 g/mol. The molecule has 3 aromatic rings. The molecule has 7 heteroatoms. The molecule has 0 aliphatic carbocycles. The lowest BCUT2D eigenvalue weighted by atomic mass is 9.99. The maximum Gasteiger partial charge on any atom is 0.332 e. The maximum absolute atomic E-state index is 13.1. The normalized spacial score (nSPS) is 15.2. The third kappa shape index (κ3) is 3.40. The lowest BCUT2D eigenvalue weighted by Crippen LogP contribution is -2.45. The Bertz CT molecular complexity index is 1100. The Hall–Kier alpha value is -3.09. The van der Waals surface area contributed by atoms with E-state index in [4.69, 9.17) is 4.42 Å². The number of carbonyl (C=O) groups is 1. The number of fused-ring (bicyclic) bond motifs is 1. The van der Waals surface area contributed by atoms with Crippen LogP contribution in [0.1, 0.15) is 25.5 Å². The third-order valence-electron chi connectivity index (χ3n) is 5.46. The SMILES string of the molecule is CC1CCN(C(=O)Cn2c(=O)n(Cc3ccco3)c(=O)c3ccccc32)CC1. The fourth-order valence-electron chi connectivity index (χ4n) is 3.71. The van der Waals surface area contributed by atoms with Gasteiger partial charge in [0.25, 0.3) is 5.56 Å². The molecule has 4 rings (SSSR count). The van der Waals surface area contributed by atoms with E-state index in [-0.39, 0.29) is 24.6 Å². The molecule has 1 fully saturated rings. The topological polar surface area (TPSA) is 77.5 Å². The molecule has 28 heavy (non-hydrogen) atoms. The smallest absolute Gasteiger partial charge is 0.332 e. The van der Waals surface area contributed by atoms with E-state index in [1.807, 2.05) is 4.90 Å². The lowest BCUT2D eigenvalue weighted by Gasteiger charge is -2.30. The minimum absolute atomic E-state index is 0.0327. The van der Waals surface area contributed by atoms with Crippen LogP contribution in [0.25, 0.3) is 10.9 Å². The zero-order valence-corrected chi connectivity index (χ0v) is 15.8. The van der Waals surface area contributed by atoms with Crippen LogP contribution in [0.15, 0.2) is 56.7 Å². The van der Waals surface area contributed by atoms with Crippen LogP contribution in [0, 0.1) is 5.92 Å². The number of hydrogen-bond acceptors (Lipinski definition) is 4. The molecule has 1 aliphatic heterocycles. The van der Waals surface area contributed by atoms with Gasteiger partial charge in [-0.2, -0.15) is 0 Å². The van der Waals surface area contributed by atoms with Crippen molar-refractivity contribution in [2.45, 2.75) is 32.9 Å². The van der Waals surface area contributed by atoms with Gasteiger partial charge in [-0.25, -0.2) is 4.79 Å². The highest BCUT2D eigenvalue weighted by atomic mass is 16.3. The van der Waals surface area contributed by atoms with Crippen molar-refractivity contribution in [3.63, 3.8) is 0 Å². The van der Waals surface area contributed by atoms with Gasteiger partial charge in [0.2, 0.25) is 5.91 Å². The van der Waals surface area contributed by atoms with Gasteiger partial charge in [-0.3, -0.25) is 18.7 Å². The Morgan fingerprint density at radius 1 is 1.07 bits per heavy atom. The molecule has 0 spiro atoms. The molecular formula is C21H23N3O4. The first-order valence-corrected chi connectivity index (χ1v) is 9.57. The first-order valence-electron chi connectivity index (χ1n) is 9.57. The van der Waals surface area contributed by atoms with Gasteiger partial charge in [-0.15, -0.1) is 0 Å². The van der Waals surface area contributed by atoms with E-state index in [1.165, 1.54) is 10.8 Å². The molecule has 0 saturated carbocycles. The summed E-state index contributed by atoms with van der Waals surface area (Å²) in [4.78, 5) is 40.6. The Morgan fingerprint density at radius 3 is 2.54 bits per heavy atom. The van der Waals surface area contributed by atoms with Crippen molar-refractivity contribution in [2.75, 3.05) is 13.1 Å². The summed E-state index contributed by atoms with van der Waals surface area (Å²) in [7, 11) is 0. The van der Waals surface area contributed by atoms with Gasteiger partial charge < -0.3 is 9.32 Å². The first-order chi connectivity index (χ1) is 13.5. The van der Waals surface area contributed by atoms with E-state index in [2.05, 4.69) is 6.92 Å². The molecule has 146 valence electrons. The van der Waals surface area contributed by atoms with E-state index in [0.29, 0.717) is 35.7 Å². The summed E-state index contributed by atoms with van der Waals surface area (Å²) in [5, 5.41) is 0.411. The summed E-state index contributed by atoms with van der Waals surface area (Å²) in [6.45, 7) is 3.55. The van der Waals surface area contributed by atoms with E-state index >= 15 is 0 Å². The third-order valence-corrected chi connectivity index (χ3v) is 5.46. The van der Waals surface area contributed by atoms with Crippen molar-refractivity contribution in [1.82, 2.24) is 14.0 Å². The summed E-state index contributed by atoms with van der Waals surface area (Å²) < 4.78 is 7.84. The molecule has 0 radical (unpaired) electrons. The molecule has 0 N–H and O–H groups in total. The van der Waals surface area contributed by atoms with Crippen molar-refractivity contribution >= 4 is 16.8 Å². The van der Waals surface area contributed by atoms with Crippen molar-refractivity contribution in [2.24, 2.45) is 5.92 Å². The summed E-state index contributed by atoms with van der Waals surface area (Å²) >= 11 is 0. The minimum atomic E-state index is -0.501. The summed E-state index contributed by atoms with van der Waals surface area (Å²) in [5.74, 6) is 1.03. The lowest BCUT2D eigenvalue weighted by molar-refractivity contribution is -0.133. The number of benzene rings is 1. The van der Waals surface area contributed by atoms with Crippen LogP contribution in [0.4, 0.5) is 0 Å². The summed E-state index contributed by atoms with van der Waals surface area (Å²) in [6.07, 6.45) is 3.44. The highest BCUT2D eigenvalue weighted by Gasteiger charge is 2.22. The van der Waals surface area contributed by atoms with Gasteiger partial charge in [0.05, 0.1) is 23.7 Å². The number of carbonyl (C=O) groups excluding carboxylic acids is 1. The maximum atomic E-state index is 13.1.